The molecule has 0 unspecified atom stereocenters. The molecule has 1 aromatic rings. The van der Waals surface area contributed by atoms with E-state index in [1.807, 2.05) is 0 Å². The zero-order chi connectivity index (χ0) is 12.5. The molecule has 0 spiro atoms. The summed E-state index contributed by atoms with van der Waals surface area (Å²) >= 11 is 0. The van der Waals surface area contributed by atoms with Crippen LogP contribution < -0.4 is 34.7 Å². The molecule has 0 aliphatic carbocycles. The molecule has 0 saturated carbocycles. The second kappa shape index (κ2) is 5.57. The normalized spacial score (nSPS) is 9.18. The van der Waals surface area contributed by atoms with Crippen molar-refractivity contribution in [3.63, 3.8) is 0 Å². The van der Waals surface area contributed by atoms with Gasteiger partial charge in [-0.05, 0) is 5.75 Å². The Morgan fingerprint density at radius 1 is 1.18 bits per heavy atom. The van der Waals surface area contributed by atoms with Gasteiger partial charge in [0, 0.05) is 6.07 Å². The summed E-state index contributed by atoms with van der Waals surface area (Å²) in [7, 11) is 0. The number of hydrogen-bond acceptors (Lipinski definition) is 6. The summed E-state index contributed by atoms with van der Waals surface area (Å²) in [6.07, 6.45) is 0. The first-order valence-electron chi connectivity index (χ1n) is 3.71. The Kier molecular flexibility index (Phi) is 5.01. The molecule has 84 valence electrons. The Balaban J connectivity index is 0.00000256. The molecule has 9 nitrogen and oxygen atoms in total. The van der Waals surface area contributed by atoms with Crippen molar-refractivity contribution in [2.75, 3.05) is 0 Å². The van der Waals surface area contributed by atoms with Crippen molar-refractivity contribution < 1.29 is 54.4 Å². The number of carboxylic acid groups (broad SMARTS) is 1. The fourth-order valence-corrected chi connectivity index (χ4v) is 0.999. The maximum absolute atomic E-state index is 11.2. The van der Waals surface area contributed by atoms with Gasteiger partial charge < -0.3 is 10.2 Å². The topological polar surface area (TPSA) is 147 Å². The Morgan fingerprint density at radius 3 is 2.06 bits per heavy atom. The third kappa shape index (κ3) is 3.12. The van der Waals surface area contributed by atoms with Gasteiger partial charge >= 0.3 is 35.5 Å². The standard InChI is InChI=1S/C7H4N2O7.Na/c10-6-4(7(11)12)1-3(8(13)14)2-5(6)9(15)16;/h1-2,10H,(H,11,12);/q;+1/p-1. The van der Waals surface area contributed by atoms with Crippen molar-refractivity contribution >= 4 is 17.3 Å². The molecule has 0 fully saturated rings. The molecule has 1 rings (SSSR count). The van der Waals surface area contributed by atoms with Crippen LogP contribution >= 0.6 is 0 Å². The van der Waals surface area contributed by atoms with E-state index < -0.39 is 38.5 Å². The Morgan fingerprint density at radius 2 is 1.71 bits per heavy atom. The zero-order valence-electron chi connectivity index (χ0n) is 8.45. The smallest absolute Gasteiger partial charge is 0.867 e. The molecular weight excluding hydrogens is 247 g/mol. The largest absolute Gasteiger partial charge is 1.00 e. The SMILES string of the molecule is O=C(O)c1cc([N+](=O)[O-])cc([N+](=O)[O-])c1[O-].[Na+]. The van der Waals surface area contributed by atoms with Gasteiger partial charge in [-0.2, -0.15) is 0 Å². The van der Waals surface area contributed by atoms with Crippen LogP contribution in [-0.2, 0) is 0 Å². The summed E-state index contributed by atoms with van der Waals surface area (Å²) in [5, 5.41) is 40.4. The second-order valence-electron chi connectivity index (χ2n) is 2.66. The minimum Gasteiger partial charge on any atom is -0.867 e. The fourth-order valence-electron chi connectivity index (χ4n) is 0.999. The van der Waals surface area contributed by atoms with E-state index in [4.69, 9.17) is 5.11 Å². The number of nitro benzene ring substituents is 2. The number of nitrogens with zero attached hydrogens (tertiary/aromatic N) is 2. The molecule has 0 saturated heterocycles. The molecule has 0 amide bonds. The summed E-state index contributed by atoms with van der Waals surface area (Å²) in [5.74, 6) is -3.11. The molecular formula is C7H3N2NaO7. The predicted molar refractivity (Wildman–Crippen MR) is 46.2 cm³/mol. The summed E-state index contributed by atoms with van der Waals surface area (Å²) in [6, 6.07) is 0.909. The number of rotatable bonds is 3. The average Bonchev–Trinajstić information content (AvgIpc) is 2.16. The number of nitro groups is 2. The van der Waals surface area contributed by atoms with Crippen LogP contribution in [0.25, 0.3) is 0 Å². The van der Waals surface area contributed by atoms with E-state index in [9.17, 15) is 30.1 Å². The van der Waals surface area contributed by atoms with E-state index in [0.717, 1.165) is 0 Å². The van der Waals surface area contributed by atoms with Gasteiger partial charge in [-0.25, -0.2) is 4.79 Å². The number of benzene rings is 1. The van der Waals surface area contributed by atoms with Crippen molar-refractivity contribution in [1.29, 1.82) is 0 Å². The third-order valence-electron chi connectivity index (χ3n) is 1.69. The van der Waals surface area contributed by atoms with Gasteiger partial charge in [-0.3, -0.25) is 20.2 Å². The summed E-state index contributed by atoms with van der Waals surface area (Å²) in [6.45, 7) is 0. The third-order valence-corrected chi connectivity index (χ3v) is 1.69. The van der Waals surface area contributed by atoms with Crippen LogP contribution in [0.5, 0.6) is 5.75 Å². The van der Waals surface area contributed by atoms with Crippen LogP contribution in [0.15, 0.2) is 12.1 Å². The minimum absolute atomic E-state index is 0. The van der Waals surface area contributed by atoms with Crippen molar-refractivity contribution in [3.05, 3.63) is 37.9 Å². The van der Waals surface area contributed by atoms with Crippen molar-refractivity contribution in [2.45, 2.75) is 0 Å². The number of carboxylic acids is 1. The first-order valence-corrected chi connectivity index (χ1v) is 3.71. The van der Waals surface area contributed by atoms with Gasteiger partial charge in [0.2, 0.25) is 0 Å². The van der Waals surface area contributed by atoms with Gasteiger partial charge in [-0.1, -0.05) is 0 Å². The summed E-state index contributed by atoms with van der Waals surface area (Å²) in [5.41, 5.74) is -2.95. The van der Waals surface area contributed by atoms with Crippen LogP contribution in [0.1, 0.15) is 10.4 Å². The molecule has 17 heavy (non-hydrogen) atoms. The van der Waals surface area contributed by atoms with E-state index in [1.165, 1.54) is 0 Å². The number of hydrogen-bond donors (Lipinski definition) is 1. The Hall–Kier alpha value is -1.71. The maximum atomic E-state index is 11.2. The molecule has 0 radical (unpaired) electrons. The maximum Gasteiger partial charge on any atom is 1.00 e. The quantitative estimate of drug-likeness (QED) is 0.348. The first-order chi connectivity index (χ1) is 7.34. The molecule has 10 heteroatoms. The van der Waals surface area contributed by atoms with Crippen molar-refractivity contribution in [3.8, 4) is 5.75 Å². The molecule has 0 aliphatic heterocycles. The predicted octanol–water partition coefficient (Wildman–Crippen LogP) is -2.72. The molecule has 0 heterocycles. The van der Waals surface area contributed by atoms with Gasteiger partial charge in [0.1, 0.15) is 0 Å². The number of carbonyl (C=O) groups is 1. The monoisotopic (exact) mass is 250 g/mol. The summed E-state index contributed by atoms with van der Waals surface area (Å²) < 4.78 is 0. The average molecular weight is 250 g/mol. The summed E-state index contributed by atoms with van der Waals surface area (Å²) in [4.78, 5) is 29.1. The van der Waals surface area contributed by atoms with Crippen molar-refractivity contribution in [1.82, 2.24) is 0 Å². The van der Waals surface area contributed by atoms with Crippen LogP contribution in [0.3, 0.4) is 0 Å². The van der Waals surface area contributed by atoms with Crippen LogP contribution in [-0.4, -0.2) is 20.9 Å². The van der Waals surface area contributed by atoms with Gasteiger partial charge in [0.25, 0.3) is 11.4 Å². The second-order valence-corrected chi connectivity index (χ2v) is 2.66. The molecule has 1 N–H and O–H groups in total. The van der Waals surface area contributed by atoms with Crippen LogP contribution in [0.2, 0.25) is 0 Å². The zero-order valence-corrected chi connectivity index (χ0v) is 10.4. The van der Waals surface area contributed by atoms with Crippen LogP contribution in [0, 0.1) is 20.2 Å². The minimum atomic E-state index is -1.75. The van der Waals surface area contributed by atoms with Gasteiger partial charge in [0.05, 0.1) is 21.5 Å². The van der Waals surface area contributed by atoms with E-state index in [1.54, 1.807) is 0 Å². The van der Waals surface area contributed by atoms with E-state index >= 15 is 0 Å². The fraction of sp³-hybridized carbons (Fsp3) is 0. The molecule has 1 aromatic carbocycles. The van der Waals surface area contributed by atoms with E-state index in [-0.39, 0.29) is 29.6 Å². The van der Waals surface area contributed by atoms with Crippen molar-refractivity contribution in [2.24, 2.45) is 0 Å². The van der Waals surface area contributed by atoms with E-state index in [0.29, 0.717) is 12.1 Å². The molecule has 0 aromatic heterocycles. The number of aromatic carboxylic acids is 1. The van der Waals surface area contributed by atoms with E-state index in [2.05, 4.69) is 0 Å². The molecule has 0 aliphatic rings. The van der Waals surface area contributed by atoms with Crippen LogP contribution in [0.4, 0.5) is 11.4 Å². The molecule has 0 bridgehead atoms. The first kappa shape index (κ1) is 15.3. The molecule has 0 atom stereocenters. The van der Waals surface area contributed by atoms with Gasteiger partial charge in [-0.15, -0.1) is 0 Å². The Bertz CT molecular complexity index is 466. The Labute approximate surface area is 115 Å². The van der Waals surface area contributed by atoms with Gasteiger partial charge in [0.15, 0.2) is 0 Å². The number of non-ortho nitro benzene ring substituents is 1.